The number of ketones is 1. The SMILES string of the molecule is Nc1nc(C(=O)c2ccccc2)nn1-c1ccc(Cl)cc1. The van der Waals surface area contributed by atoms with E-state index in [1.807, 2.05) is 6.07 Å². The van der Waals surface area contributed by atoms with E-state index in [9.17, 15) is 4.79 Å². The lowest BCUT2D eigenvalue weighted by atomic mass is 10.1. The zero-order chi connectivity index (χ0) is 14.8. The number of benzene rings is 2. The summed E-state index contributed by atoms with van der Waals surface area (Å²) in [5.74, 6) is -0.0553. The van der Waals surface area contributed by atoms with Crippen molar-refractivity contribution in [2.45, 2.75) is 0 Å². The van der Waals surface area contributed by atoms with Crippen molar-refractivity contribution in [3.63, 3.8) is 0 Å². The first-order valence-electron chi connectivity index (χ1n) is 6.23. The van der Waals surface area contributed by atoms with Crippen molar-refractivity contribution >= 4 is 23.3 Å². The molecule has 2 N–H and O–H groups in total. The minimum absolute atomic E-state index is 0.0636. The van der Waals surface area contributed by atoms with Gasteiger partial charge in [-0.25, -0.2) is 0 Å². The molecule has 3 rings (SSSR count). The van der Waals surface area contributed by atoms with Gasteiger partial charge in [0.05, 0.1) is 5.69 Å². The van der Waals surface area contributed by atoms with Gasteiger partial charge >= 0.3 is 0 Å². The number of halogens is 1. The number of nitrogens with zero attached hydrogens (tertiary/aromatic N) is 3. The molecule has 5 nitrogen and oxygen atoms in total. The van der Waals surface area contributed by atoms with Crippen LogP contribution >= 0.6 is 11.6 Å². The summed E-state index contributed by atoms with van der Waals surface area (Å²) in [6.45, 7) is 0. The molecule has 1 heterocycles. The maximum Gasteiger partial charge on any atom is 0.232 e. The summed E-state index contributed by atoms with van der Waals surface area (Å²) in [7, 11) is 0. The molecule has 0 amide bonds. The lowest BCUT2D eigenvalue weighted by Gasteiger charge is -2.01. The zero-order valence-corrected chi connectivity index (χ0v) is 11.7. The van der Waals surface area contributed by atoms with Crippen LogP contribution in [0.4, 0.5) is 5.95 Å². The van der Waals surface area contributed by atoms with Crippen LogP contribution in [0.25, 0.3) is 5.69 Å². The lowest BCUT2D eigenvalue weighted by molar-refractivity contribution is 0.102. The Kier molecular flexibility index (Phi) is 3.41. The van der Waals surface area contributed by atoms with Gasteiger partial charge in [-0.3, -0.25) is 4.79 Å². The number of aromatic nitrogens is 3. The van der Waals surface area contributed by atoms with Crippen molar-refractivity contribution < 1.29 is 4.79 Å². The smallest absolute Gasteiger partial charge is 0.232 e. The van der Waals surface area contributed by atoms with Crippen molar-refractivity contribution in [3.05, 3.63) is 71.0 Å². The lowest BCUT2D eigenvalue weighted by Crippen LogP contribution is -2.05. The molecule has 3 aromatic rings. The summed E-state index contributed by atoms with van der Waals surface area (Å²) in [5, 5.41) is 4.78. The zero-order valence-electron chi connectivity index (χ0n) is 10.9. The standard InChI is InChI=1S/C15H11ClN4O/c16-11-6-8-12(9-7-11)20-15(17)18-14(19-20)13(21)10-4-2-1-3-5-10/h1-9H,(H2,17,18,19). The molecule has 0 spiro atoms. The molecule has 0 aliphatic rings. The second-order valence-electron chi connectivity index (χ2n) is 4.38. The third-order valence-electron chi connectivity index (χ3n) is 2.94. The van der Waals surface area contributed by atoms with Gasteiger partial charge in [-0.15, -0.1) is 5.10 Å². The Labute approximate surface area is 126 Å². The minimum Gasteiger partial charge on any atom is -0.368 e. The van der Waals surface area contributed by atoms with Crippen molar-refractivity contribution in [2.75, 3.05) is 5.73 Å². The highest BCUT2D eigenvalue weighted by atomic mass is 35.5. The van der Waals surface area contributed by atoms with Crippen LogP contribution in [-0.4, -0.2) is 20.5 Å². The summed E-state index contributed by atoms with van der Waals surface area (Å²) in [4.78, 5) is 16.3. The van der Waals surface area contributed by atoms with E-state index >= 15 is 0 Å². The Morgan fingerprint density at radius 1 is 1.05 bits per heavy atom. The molecule has 0 unspecified atom stereocenters. The first-order valence-corrected chi connectivity index (χ1v) is 6.61. The van der Waals surface area contributed by atoms with Crippen molar-refractivity contribution in [1.82, 2.24) is 14.8 Å². The van der Waals surface area contributed by atoms with Crippen LogP contribution < -0.4 is 5.73 Å². The molecular weight excluding hydrogens is 288 g/mol. The number of rotatable bonds is 3. The van der Waals surface area contributed by atoms with Gasteiger partial charge in [-0.2, -0.15) is 9.67 Å². The highest BCUT2D eigenvalue weighted by molar-refractivity contribution is 6.30. The first-order chi connectivity index (χ1) is 10.1. The van der Waals surface area contributed by atoms with Crippen LogP contribution in [0.15, 0.2) is 54.6 Å². The Morgan fingerprint density at radius 2 is 1.71 bits per heavy atom. The van der Waals surface area contributed by atoms with E-state index in [1.165, 1.54) is 4.68 Å². The molecule has 0 fully saturated rings. The molecule has 6 heteroatoms. The fourth-order valence-corrected chi connectivity index (χ4v) is 2.04. The number of anilines is 1. The monoisotopic (exact) mass is 298 g/mol. The number of hydrogen-bond donors (Lipinski definition) is 1. The second kappa shape index (κ2) is 5.38. The van der Waals surface area contributed by atoms with Crippen LogP contribution in [0.3, 0.4) is 0 Å². The van der Waals surface area contributed by atoms with E-state index in [0.29, 0.717) is 16.3 Å². The van der Waals surface area contributed by atoms with Crippen molar-refractivity contribution in [1.29, 1.82) is 0 Å². The van der Waals surface area contributed by atoms with E-state index < -0.39 is 0 Å². The molecule has 1 aromatic heterocycles. The molecule has 0 saturated heterocycles. The van der Waals surface area contributed by atoms with Gasteiger partial charge < -0.3 is 5.73 Å². The summed E-state index contributed by atoms with van der Waals surface area (Å²) in [6, 6.07) is 15.8. The summed E-state index contributed by atoms with van der Waals surface area (Å²) in [6.07, 6.45) is 0. The van der Waals surface area contributed by atoms with Crippen LogP contribution in [0.1, 0.15) is 16.2 Å². The number of carbonyl (C=O) groups is 1. The van der Waals surface area contributed by atoms with Crippen LogP contribution in [0.5, 0.6) is 0 Å². The first kappa shape index (κ1) is 13.3. The van der Waals surface area contributed by atoms with E-state index in [0.717, 1.165) is 0 Å². The molecule has 0 aliphatic heterocycles. The van der Waals surface area contributed by atoms with Crippen molar-refractivity contribution in [2.24, 2.45) is 0 Å². The van der Waals surface area contributed by atoms with Gasteiger partial charge in [0.25, 0.3) is 0 Å². The number of hydrogen-bond acceptors (Lipinski definition) is 4. The topological polar surface area (TPSA) is 73.8 Å². The third-order valence-corrected chi connectivity index (χ3v) is 3.19. The van der Waals surface area contributed by atoms with E-state index in [2.05, 4.69) is 10.1 Å². The van der Waals surface area contributed by atoms with E-state index in [-0.39, 0.29) is 17.6 Å². The Morgan fingerprint density at radius 3 is 2.38 bits per heavy atom. The average Bonchev–Trinajstić information content (AvgIpc) is 2.90. The average molecular weight is 299 g/mol. The molecule has 0 atom stereocenters. The molecule has 104 valence electrons. The molecule has 0 radical (unpaired) electrons. The van der Waals surface area contributed by atoms with Gasteiger partial charge in [-0.1, -0.05) is 41.9 Å². The highest BCUT2D eigenvalue weighted by Crippen LogP contribution is 2.16. The third kappa shape index (κ3) is 2.64. The fraction of sp³-hybridized carbons (Fsp3) is 0. The van der Waals surface area contributed by atoms with Crippen molar-refractivity contribution in [3.8, 4) is 5.69 Å². The number of nitrogen functional groups attached to an aromatic ring is 1. The van der Waals surface area contributed by atoms with Gasteiger partial charge in [0.15, 0.2) is 0 Å². The van der Waals surface area contributed by atoms with Crippen LogP contribution in [0, 0.1) is 0 Å². The van der Waals surface area contributed by atoms with E-state index in [4.69, 9.17) is 17.3 Å². The summed E-state index contributed by atoms with van der Waals surface area (Å²) < 4.78 is 1.41. The summed E-state index contributed by atoms with van der Waals surface area (Å²) in [5.41, 5.74) is 7.04. The molecule has 2 aromatic carbocycles. The molecule has 0 saturated carbocycles. The maximum absolute atomic E-state index is 12.3. The Balaban J connectivity index is 1.98. The minimum atomic E-state index is -0.269. The normalized spacial score (nSPS) is 10.5. The van der Waals surface area contributed by atoms with E-state index in [1.54, 1.807) is 48.5 Å². The van der Waals surface area contributed by atoms with Gasteiger partial charge in [0.1, 0.15) is 0 Å². The van der Waals surface area contributed by atoms with Gasteiger partial charge in [-0.05, 0) is 24.3 Å². The van der Waals surface area contributed by atoms with Gasteiger partial charge in [0, 0.05) is 10.6 Å². The molecule has 21 heavy (non-hydrogen) atoms. The number of nitrogens with two attached hydrogens (primary N) is 1. The predicted octanol–water partition coefficient (Wildman–Crippen LogP) is 2.73. The highest BCUT2D eigenvalue weighted by Gasteiger charge is 2.17. The maximum atomic E-state index is 12.3. The number of carbonyl (C=O) groups excluding carboxylic acids is 1. The Bertz CT molecular complexity index is 781. The van der Waals surface area contributed by atoms with Gasteiger partial charge in [0.2, 0.25) is 17.6 Å². The van der Waals surface area contributed by atoms with Crippen LogP contribution in [0.2, 0.25) is 5.02 Å². The predicted molar refractivity (Wildman–Crippen MR) is 80.7 cm³/mol. The molecular formula is C15H11ClN4O. The summed E-state index contributed by atoms with van der Waals surface area (Å²) >= 11 is 5.84. The quantitative estimate of drug-likeness (QED) is 0.755. The largest absolute Gasteiger partial charge is 0.368 e. The second-order valence-corrected chi connectivity index (χ2v) is 4.81. The van der Waals surface area contributed by atoms with Crippen LogP contribution in [-0.2, 0) is 0 Å². The molecule has 0 bridgehead atoms. The molecule has 0 aliphatic carbocycles. The Hall–Kier alpha value is -2.66. The fourth-order valence-electron chi connectivity index (χ4n) is 1.91.